The first-order valence-corrected chi connectivity index (χ1v) is 10.1. The Bertz CT molecular complexity index is 1150. The number of rotatable bonds is 5. The Morgan fingerprint density at radius 3 is 2.53 bits per heavy atom. The highest BCUT2D eigenvalue weighted by atomic mass is 16.4. The van der Waals surface area contributed by atoms with Crippen LogP contribution >= 0.6 is 0 Å². The summed E-state index contributed by atoms with van der Waals surface area (Å²) in [5.41, 5.74) is 13.7. The topological polar surface area (TPSA) is 185 Å². The molecule has 3 heterocycles. The molecule has 0 bridgehead atoms. The molecule has 0 radical (unpaired) electrons. The van der Waals surface area contributed by atoms with E-state index < -0.39 is 12.0 Å². The predicted molar refractivity (Wildman–Crippen MR) is 118 cm³/mol. The molecule has 2 aromatic heterocycles. The SMILES string of the molecule is Nc1nc(N)c2nc(CNc3ccc(C(=O)N(C(=O)O)C4CCNCC4)cc3)cnc2n1. The van der Waals surface area contributed by atoms with Crippen LogP contribution in [0.1, 0.15) is 28.9 Å². The fourth-order valence-electron chi connectivity index (χ4n) is 3.60. The molecule has 12 nitrogen and oxygen atoms in total. The molecule has 166 valence electrons. The summed E-state index contributed by atoms with van der Waals surface area (Å²) in [6.07, 6.45) is 1.53. The van der Waals surface area contributed by atoms with Gasteiger partial charge in [-0.3, -0.25) is 4.79 Å². The number of fused-ring (bicyclic) bond motifs is 1. The Morgan fingerprint density at radius 2 is 1.84 bits per heavy atom. The maximum atomic E-state index is 12.8. The molecular formula is C20H23N9O3. The van der Waals surface area contributed by atoms with Crippen molar-refractivity contribution in [2.75, 3.05) is 29.9 Å². The van der Waals surface area contributed by atoms with Crippen molar-refractivity contribution in [1.82, 2.24) is 30.2 Å². The molecule has 1 fully saturated rings. The Labute approximate surface area is 183 Å². The number of amides is 2. The van der Waals surface area contributed by atoms with Crippen LogP contribution in [-0.4, -0.2) is 61.1 Å². The van der Waals surface area contributed by atoms with E-state index >= 15 is 0 Å². The standard InChI is InChI=1S/C20H23N9O3/c21-16-15-17(28-19(22)27-16)25-10-13(26-15)9-24-12-3-1-11(2-4-12)18(30)29(20(31)32)14-5-7-23-8-6-14/h1-4,10,14,23-24H,5-9H2,(H,31,32)(H4,21,22,25,27,28). The molecule has 4 rings (SSSR count). The van der Waals surface area contributed by atoms with Crippen molar-refractivity contribution in [3.05, 3.63) is 41.7 Å². The first kappa shape index (κ1) is 21.2. The van der Waals surface area contributed by atoms with Gasteiger partial charge in [0.15, 0.2) is 17.0 Å². The molecule has 0 aliphatic carbocycles. The summed E-state index contributed by atoms with van der Waals surface area (Å²) >= 11 is 0. The highest BCUT2D eigenvalue weighted by Gasteiger charge is 2.31. The first-order chi connectivity index (χ1) is 15.4. The van der Waals surface area contributed by atoms with Crippen molar-refractivity contribution in [2.45, 2.75) is 25.4 Å². The lowest BCUT2D eigenvalue weighted by molar-refractivity contribution is 0.0633. The molecule has 1 aliphatic heterocycles. The highest BCUT2D eigenvalue weighted by molar-refractivity contribution is 6.03. The van der Waals surface area contributed by atoms with Gasteiger partial charge in [0.2, 0.25) is 5.95 Å². The maximum Gasteiger partial charge on any atom is 0.414 e. The smallest absolute Gasteiger partial charge is 0.414 e. The van der Waals surface area contributed by atoms with E-state index in [1.807, 2.05) is 0 Å². The van der Waals surface area contributed by atoms with Crippen LogP contribution in [0.5, 0.6) is 0 Å². The number of carbonyl (C=O) groups is 2. The summed E-state index contributed by atoms with van der Waals surface area (Å²) in [6.45, 7) is 1.72. The summed E-state index contributed by atoms with van der Waals surface area (Å²) in [7, 11) is 0. The monoisotopic (exact) mass is 437 g/mol. The van der Waals surface area contributed by atoms with Gasteiger partial charge in [-0.25, -0.2) is 19.7 Å². The van der Waals surface area contributed by atoms with Crippen molar-refractivity contribution in [1.29, 1.82) is 0 Å². The van der Waals surface area contributed by atoms with Crippen LogP contribution in [0.15, 0.2) is 30.5 Å². The fourth-order valence-corrected chi connectivity index (χ4v) is 3.60. The number of piperidine rings is 1. The van der Waals surface area contributed by atoms with Gasteiger partial charge in [0.25, 0.3) is 5.91 Å². The highest BCUT2D eigenvalue weighted by Crippen LogP contribution is 2.19. The number of nitrogen functional groups attached to an aromatic ring is 2. The number of aromatic nitrogens is 4. The van der Waals surface area contributed by atoms with E-state index in [9.17, 15) is 14.7 Å². The van der Waals surface area contributed by atoms with Crippen molar-refractivity contribution in [3.63, 3.8) is 0 Å². The second-order valence-corrected chi connectivity index (χ2v) is 7.37. The molecule has 1 aliphatic rings. The van der Waals surface area contributed by atoms with Gasteiger partial charge in [-0.2, -0.15) is 9.97 Å². The summed E-state index contributed by atoms with van der Waals surface area (Å²) in [6, 6.07) is 6.30. The number of carbonyl (C=O) groups excluding carboxylic acids is 1. The summed E-state index contributed by atoms with van der Waals surface area (Å²) in [4.78, 5) is 42.0. The minimum absolute atomic E-state index is 0.0337. The number of nitrogens with zero attached hydrogens (tertiary/aromatic N) is 5. The van der Waals surface area contributed by atoms with Gasteiger partial charge >= 0.3 is 6.09 Å². The van der Waals surface area contributed by atoms with Crippen LogP contribution in [0.3, 0.4) is 0 Å². The summed E-state index contributed by atoms with van der Waals surface area (Å²) in [5.74, 6) is -0.334. The van der Waals surface area contributed by atoms with Crippen molar-refractivity contribution in [2.24, 2.45) is 0 Å². The van der Waals surface area contributed by atoms with Gasteiger partial charge in [0.05, 0.1) is 18.4 Å². The third-order valence-corrected chi connectivity index (χ3v) is 5.21. The molecule has 0 unspecified atom stereocenters. The van der Waals surface area contributed by atoms with Gasteiger partial charge in [-0.15, -0.1) is 0 Å². The lowest BCUT2D eigenvalue weighted by atomic mass is 10.0. The zero-order valence-electron chi connectivity index (χ0n) is 17.2. The van der Waals surface area contributed by atoms with Crippen molar-refractivity contribution in [3.8, 4) is 0 Å². The number of anilines is 3. The van der Waals surface area contributed by atoms with Crippen molar-refractivity contribution < 1.29 is 14.7 Å². The van der Waals surface area contributed by atoms with Crippen LogP contribution in [0.4, 0.5) is 22.2 Å². The molecule has 2 amide bonds. The van der Waals surface area contributed by atoms with Crippen LogP contribution in [0.25, 0.3) is 11.2 Å². The number of benzene rings is 1. The average Bonchev–Trinajstić information content (AvgIpc) is 2.78. The van der Waals surface area contributed by atoms with Crippen LogP contribution in [-0.2, 0) is 6.54 Å². The fraction of sp³-hybridized carbons (Fsp3) is 0.300. The zero-order chi connectivity index (χ0) is 22.7. The van der Waals surface area contributed by atoms with E-state index in [0.29, 0.717) is 54.9 Å². The van der Waals surface area contributed by atoms with Gasteiger partial charge in [0, 0.05) is 17.3 Å². The number of carboxylic acid groups (broad SMARTS) is 1. The normalized spacial score (nSPS) is 14.2. The van der Waals surface area contributed by atoms with E-state index in [1.165, 1.54) is 0 Å². The van der Waals surface area contributed by atoms with Gasteiger partial charge < -0.3 is 27.2 Å². The number of hydrogen-bond donors (Lipinski definition) is 5. The Kier molecular flexibility index (Phi) is 5.94. The van der Waals surface area contributed by atoms with Crippen LogP contribution in [0, 0.1) is 0 Å². The molecule has 1 aromatic carbocycles. The minimum atomic E-state index is -1.23. The largest absolute Gasteiger partial charge is 0.465 e. The van der Waals surface area contributed by atoms with Crippen LogP contribution in [0.2, 0.25) is 0 Å². The maximum absolute atomic E-state index is 12.8. The van der Waals surface area contributed by atoms with E-state index in [0.717, 1.165) is 10.6 Å². The zero-order valence-corrected chi connectivity index (χ0v) is 17.2. The molecule has 0 saturated carbocycles. The predicted octanol–water partition coefficient (Wildman–Crippen LogP) is 1.07. The molecule has 0 spiro atoms. The average molecular weight is 437 g/mol. The van der Waals surface area contributed by atoms with E-state index in [2.05, 4.69) is 30.6 Å². The molecule has 3 aromatic rings. The molecule has 0 atom stereocenters. The third-order valence-electron chi connectivity index (χ3n) is 5.21. The van der Waals surface area contributed by atoms with Gasteiger partial charge in [0.1, 0.15) is 0 Å². The summed E-state index contributed by atoms with van der Waals surface area (Å²) in [5, 5.41) is 15.9. The van der Waals surface area contributed by atoms with Crippen molar-refractivity contribution >= 4 is 40.6 Å². The quantitative estimate of drug-likeness (QED) is 0.384. The summed E-state index contributed by atoms with van der Waals surface area (Å²) < 4.78 is 0. The Hall–Kier alpha value is -4.06. The second-order valence-electron chi connectivity index (χ2n) is 7.37. The molecule has 32 heavy (non-hydrogen) atoms. The Balaban J connectivity index is 1.44. The van der Waals surface area contributed by atoms with E-state index in [1.54, 1.807) is 30.5 Å². The molecular weight excluding hydrogens is 414 g/mol. The van der Waals surface area contributed by atoms with Gasteiger partial charge in [-0.05, 0) is 50.2 Å². The molecule has 12 heteroatoms. The third kappa shape index (κ3) is 4.49. The van der Waals surface area contributed by atoms with Crippen LogP contribution < -0.4 is 22.1 Å². The second kappa shape index (κ2) is 8.98. The number of nitrogens with two attached hydrogens (primary N) is 2. The van der Waals surface area contributed by atoms with E-state index in [4.69, 9.17) is 11.5 Å². The first-order valence-electron chi connectivity index (χ1n) is 10.1. The van der Waals surface area contributed by atoms with E-state index in [-0.39, 0.29) is 17.8 Å². The molecule has 7 N–H and O–H groups in total. The Morgan fingerprint density at radius 1 is 1.12 bits per heavy atom. The number of imide groups is 1. The number of nitrogens with one attached hydrogen (secondary N) is 2. The lowest BCUT2D eigenvalue weighted by Gasteiger charge is -2.31. The number of hydrogen-bond acceptors (Lipinski definition) is 10. The van der Waals surface area contributed by atoms with Gasteiger partial charge in [-0.1, -0.05) is 0 Å². The molecule has 1 saturated heterocycles. The lowest BCUT2D eigenvalue weighted by Crippen LogP contribution is -2.48. The minimum Gasteiger partial charge on any atom is -0.465 e.